The second-order valence-electron chi connectivity index (χ2n) is 7.22. The number of fused-ring (bicyclic) bond motifs is 1. The minimum Gasteiger partial charge on any atom is -0.482 e. The van der Waals surface area contributed by atoms with Gasteiger partial charge in [0.2, 0.25) is 10.0 Å². The number of nitrogens with one attached hydrogen (secondary N) is 1. The maximum Gasteiger partial charge on any atom is 0.344 e. The average Bonchev–Trinajstić information content (AvgIpc) is 2.76. The van der Waals surface area contributed by atoms with Crippen molar-refractivity contribution in [3.8, 4) is 5.75 Å². The minimum absolute atomic E-state index is 0.0112. The van der Waals surface area contributed by atoms with Crippen LogP contribution in [0.3, 0.4) is 0 Å². The van der Waals surface area contributed by atoms with E-state index in [1.165, 1.54) is 50.5 Å². The van der Waals surface area contributed by atoms with Gasteiger partial charge in [-0.3, -0.25) is 4.79 Å². The molecule has 0 atom stereocenters. The van der Waals surface area contributed by atoms with Crippen molar-refractivity contribution < 1.29 is 31.9 Å². The molecule has 3 rings (SSSR count). The first kappa shape index (κ1) is 24.0. The van der Waals surface area contributed by atoms with Crippen LogP contribution in [0.25, 0.3) is 11.0 Å². The molecule has 0 unspecified atom stereocenters. The Balaban J connectivity index is 1.53. The predicted molar refractivity (Wildman–Crippen MR) is 120 cm³/mol. The van der Waals surface area contributed by atoms with Gasteiger partial charge in [-0.15, -0.1) is 0 Å². The van der Waals surface area contributed by atoms with Gasteiger partial charge in [-0.05, 0) is 42.8 Å². The summed E-state index contributed by atoms with van der Waals surface area (Å²) in [5.41, 5.74) is 0.822. The highest BCUT2D eigenvalue weighted by Gasteiger charge is 2.18. The van der Waals surface area contributed by atoms with Crippen LogP contribution in [-0.2, 0) is 24.3 Å². The van der Waals surface area contributed by atoms with Gasteiger partial charge in [-0.2, -0.15) is 0 Å². The summed E-state index contributed by atoms with van der Waals surface area (Å²) in [6.45, 7) is 0.726. The molecule has 0 aliphatic carbocycles. The molecule has 1 heterocycles. The molecule has 1 N–H and O–H groups in total. The van der Waals surface area contributed by atoms with Gasteiger partial charge >= 0.3 is 11.6 Å². The van der Waals surface area contributed by atoms with Crippen molar-refractivity contribution in [1.29, 1.82) is 0 Å². The van der Waals surface area contributed by atoms with Crippen molar-refractivity contribution >= 4 is 38.6 Å². The third-order valence-electron chi connectivity index (χ3n) is 4.54. The molecule has 11 heteroatoms. The number of carbonyl (C=O) groups excluding carboxylic acids is 2. The molecule has 0 saturated heterocycles. The summed E-state index contributed by atoms with van der Waals surface area (Å²) in [5.74, 6) is -1.15. The van der Waals surface area contributed by atoms with E-state index in [0.29, 0.717) is 5.58 Å². The van der Waals surface area contributed by atoms with Gasteiger partial charge in [0.15, 0.2) is 13.2 Å². The number of nitrogens with zero attached hydrogens (tertiary/aromatic N) is 1. The fourth-order valence-electron chi connectivity index (χ4n) is 2.87. The normalized spacial score (nSPS) is 11.4. The molecule has 0 bridgehead atoms. The highest BCUT2D eigenvalue weighted by Crippen LogP contribution is 2.22. The van der Waals surface area contributed by atoms with E-state index < -0.39 is 40.7 Å². The molecule has 0 aliphatic rings. The zero-order chi connectivity index (χ0) is 24.2. The molecule has 10 nitrogen and oxygen atoms in total. The molecule has 0 radical (unpaired) electrons. The summed E-state index contributed by atoms with van der Waals surface area (Å²) in [5, 5.41) is 3.21. The van der Waals surface area contributed by atoms with E-state index in [4.69, 9.17) is 13.9 Å². The van der Waals surface area contributed by atoms with Gasteiger partial charge in [-0.25, -0.2) is 22.3 Å². The summed E-state index contributed by atoms with van der Waals surface area (Å²) < 4.78 is 40.8. The van der Waals surface area contributed by atoms with Crippen LogP contribution in [0.4, 0.5) is 5.69 Å². The van der Waals surface area contributed by atoms with E-state index in [-0.39, 0.29) is 16.3 Å². The van der Waals surface area contributed by atoms with Crippen LogP contribution in [0.1, 0.15) is 5.56 Å². The molecule has 33 heavy (non-hydrogen) atoms. The SMILES string of the molecule is Cc1cc(=O)oc2cc(OCC(=O)OCC(=O)Nc3cccc(S(=O)(=O)N(C)C)c3)ccc12. The number of hydrogen-bond donors (Lipinski definition) is 1. The lowest BCUT2D eigenvalue weighted by molar-refractivity contribution is -0.149. The summed E-state index contributed by atoms with van der Waals surface area (Å²) >= 11 is 0. The molecule has 1 amide bonds. The summed E-state index contributed by atoms with van der Waals surface area (Å²) in [7, 11) is -0.858. The average molecular weight is 474 g/mol. The maximum absolute atomic E-state index is 12.2. The molecule has 1 aromatic heterocycles. The van der Waals surface area contributed by atoms with Gasteiger partial charge in [-0.1, -0.05) is 6.07 Å². The maximum atomic E-state index is 12.2. The molecule has 0 spiro atoms. The zero-order valence-electron chi connectivity index (χ0n) is 18.2. The van der Waals surface area contributed by atoms with Crippen LogP contribution in [0.5, 0.6) is 5.75 Å². The Morgan fingerprint density at radius 2 is 1.82 bits per heavy atom. The van der Waals surface area contributed by atoms with Crippen LogP contribution in [0.15, 0.2) is 62.6 Å². The lowest BCUT2D eigenvalue weighted by Gasteiger charge is -2.13. The monoisotopic (exact) mass is 474 g/mol. The van der Waals surface area contributed by atoms with E-state index >= 15 is 0 Å². The third-order valence-corrected chi connectivity index (χ3v) is 6.35. The molecular weight excluding hydrogens is 452 g/mol. The second kappa shape index (κ2) is 9.84. The van der Waals surface area contributed by atoms with E-state index in [2.05, 4.69) is 5.32 Å². The number of sulfonamides is 1. The molecule has 2 aromatic carbocycles. The summed E-state index contributed by atoms with van der Waals surface area (Å²) in [6, 6.07) is 11.9. The number of ether oxygens (including phenoxy) is 2. The van der Waals surface area contributed by atoms with Crippen LogP contribution in [0.2, 0.25) is 0 Å². The van der Waals surface area contributed by atoms with Gasteiger partial charge < -0.3 is 19.2 Å². The number of amides is 1. The van der Waals surface area contributed by atoms with Crippen molar-refractivity contribution in [1.82, 2.24) is 4.31 Å². The first-order chi connectivity index (χ1) is 15.6. The third kappa shape index (κ3) is 5.96. The Hall–Kier alpha value is -3.70. The quantitative estimate of drug-likeness (QED) is 0.387. The first-order valence-corrected chi connectivity index (χ1v) is 11.2. The first-order valence-electron chi connectivity index (χ1n) is 9.71. The van der Waals surface area contributed by atoms with Gasteiger partial charge in [0.25, 0.3) is 5.91 Å². The van der Waals surface area contributed by atoms with Gasteiger partial charge in [0.1, 0.15) is 11.3 Å². The van der Waals surface area contributed by atoms with Gasteiger partial charge in [0, 0.05) is 37.3 Å². The smallest absolute Gasteiger partial charge is 0.344 e. The van der Waals surface area contributed by atoms with Crippen molar-refractivity contribution in [3.05, 3.63) is 64.5 Å². The number of rotatable bonds is 8. The molecule has 174 valence electrons. The van der Waals surface area contributed by atoms with Crippen molar-refractivity contribution in [2.24, 2.45) is 0 Å². The molecule has 3 aromatic rings. The molecule has 0 saturated carbocycles. The van der Waals surface area contributed by atoms with E-state index in [1.54, 1.807) is 19.1 Å². The predicted octanol–water partition coefficient (Wildman–Crippen LogP) is 1.91. The Kier molecular flexibility index (Phi) is 7.14. The number of aryl methyl sites for hydroxylation is 1. The van der Waals surface area contributed by atoms with Crippen molar-refractivity contribution in [2.75, 3.05) is 32.6 Å². The number of benzene rings is 2. The molecule has 0 fully saturated rings. The minimum atomic E-state index is -3.66. The van der Waals surface area contributed by atoms with Crippen LogP contribution < -0.4 is 15.7 Å². The fourth-order valence-corrected chi connectivity index (χ4v) is 3.82. The second-order valence-corrected chi connectivity index (χ2v) is 9.37. The zero-order valence-corrected chi connectivity index (χ0v) is 19.0. The lowest BCUT2D eigenvalue weighted by Crippen LogP contribution is -2.24. The summed E-state index contributed by atoms with van der Waals surface area (Å²) in [4.78, 5) is 35.5. The van der Waals surface area contributed by atoms with Crippen molar-refractivity contribution in [2.45, 2.75) is 11.8 Å². The Bertz CT molecular complexity index is 1360. The standard InChI is InChI=1S/C22H22N2O8S/c1-14-9-21(26)32-19-11-16(7-8-18(14)19)30-13-22(27)31-12-20(25)23-15-5-4-6-17(10-15)33(28,29)24(2)3/h4-11H,12-13H2,1-3H3,(H,23,25). The van der Waals surface area contributed by atoms with Crippen molar-refractivity contribution in [3.63, 3.8) is 0 Å². The van der Waals surface area contributed by atoms with Crippen LogP contribution in [0, 0.1) is 6.92 Å². The number of carbonyl (C=O) groups is 2. The van der Waals surface area contributed by atoms with Crippen LogP contribution in [-0.4, -0.2) is 51.9 Å². The molecular formula is C22H22N2O8S. The van der Waals surface area contributed by atoms with E-state index in [1.807, 2.05) is 0 Å². The number of esters is 1. The topological polar surface area (TPSA) is 132 Å². The highest BCUT2D eigenvalue weighted by molar-refractivity contribution is 7.89. The lowest BCUT2D eigenvalue weighted by atomic mass is 10.1. The molecule has 0 aliphatic heterocycles. The Morgan fingerprint density at radius 3 is 2.55 bits per heavy atom. The Labute approximate surface area is 189 Å². The number of anilines is 1. The van der Waals surface area contributed by atoms with E-state index in [0.717, 1.165) is 15.3 Å². The Morgan fingerprint density at radius 1 is 1.06 bits per heavy atom. The van der Waals surface area contributed by atoms with E-state index in [9.17, 15) is 22.8 Å². The number of hydrogen-bond acceptors (Lipinski definition) is 8. The highest BCUT2D eigenvalue weighted by atomic mass is 32.2. The largest absolute Gasteiger partial charge is 0.482 e. The summed E-state index contributed by atoms with van der Waals surface area (Å²) in [6.07, 6.45) is 0. The fraction of sp³-hybridized carbons (Fsp3) is 0.227. The van der Waals surface area contributed by atoms with Crippen LogP contribution >= 0.6 is 0 Å². The van der Waals surface area contributed by atoms with Gasteiger partial charge in [0.05, 0.1) is 4.90 Å².